The van der Waals surface area contributed by atoms with Crippen molar-refractivity contribution in [1.29, 1.82) is 0 Å². The Labute approximate surface area is 565 Å². The highest BCUT2D eigenvalue weighted by atomic mass is 16.4. The number of Topliss-reactive ketones (excluding diaryl/α,β-unsaturated/α-hetero) is 1. The van der Waals surface area contributed by atoms with E-state index in [-0.39, 0.29) is 36.5 Å². The molecule has 1 saturated heterocycles. The second-order valence-electron chi connectivity index (χ2n) is 35.8. The number of hydrogen-bond acceptors (Lipinski definition) is 5. The predicted octanol–water partition coefficient (Wildman–Crippen LogP) is 23.1. The molecule has 3 N–H and O–H groups in total. The quantitative estimate of drug-likeness (QED) is 0.148. The van der Waals surface area contributed by atoms with Crippen LogP contribution in [0.5, 0.6) is 0 Å². The van der Waals surface area contributed by atoms with Gasteiger partial charge in [-0.1, -0.05) is 13.8 Å². The number of allylic oxidation sites excluding steroid dienone is 2. The van der Waals surface area contributed by atoms with Gasteiger partial charge < -0.3 is 15.1 Å². The van der Waals surface area contributed by atoms with Crippen LogP contribution in [0.15, 0.2) is 18.2 Å². The molecule has 3 atom stereocenters. The topological polar surface area (TPSA) is 115 Å². The first kappa shape index (κ1) is 44.5. The molecule has 6 heterocycles. The Kier molecular flexibility index (Phi) is 4.91. The molecule has 8 bridgehead atoms. The number of likely N-dealkylation sites (N-methyl/N-ethyl adjacent to an activating group) is 1. The second-order valence-corrected chi connectivity index (χ2v) is 35.8. The molecule has 3 aromatic heterocycles. The fourth-order valence-corrected chi connectivity index (χ4v) is 32.3. The number of carboxylic acids is 1. The standard InChI is InChI=1S/C94H37N5O3/c1-7-19-15(2)22-13-27-30(17(4)24(96-27)11-23-16(3)20(8-9-29(101)102)90(97-23)21-10-28(100)31-18(5)25(98-91(21)31)12-26(19)95-22)92-94-88-82-76-66-54-46-38-34-32-33-36-40(38)48(54)58-52-44(36)45-37(33)41-39-35(32)43-42(34)50-56(46)64-70-60(50)61-51(43)57-47(39)55-49(41)59-53(45)63-62(52)74(68(58)76)84(88)85-75(63)69(59)77-67(55)73-65(57)71(61)79-78(70)86(80(82)72(64)66)93(94,14-99(92)6)87(79)81(73)83(77)89(85)94/h11-13,16,20,92,96,98H,7-10,14H2,1-6H3,(H,101,102)/t16-,20-,92?,93?,94?/m0/s1. The first-order chi connectivity index (χ1) is 50.0. The minimum Gasteiger partial charge on any atom is -0.481 e. The molecular weight excluding hydrogens is 1250 g/mol. The van der Waals surface area contributed by atoms with Crippen molar-refractivity contribution < 1.29 is 14.7 Å². The van der Waals surface area contributed by atoms with Crippen LogP contribution in [-0.2, 0) is 22.0 Å². The SMILES string of the molecule is CCC1=C(C)c2cc3[nH]c(cc4nc(c5c6[nH]c(cc1n2)c(C)c6C(=O)C5)[C@@H](CCC(=O)O)[C@@H]4C)c(C)c3C1N(C)CC23c4c5c6c7c8c9c(c%10c%11c2c2c4c4c%12c5c5c6c6c8c8c%13c9c9c%10c%10c%11c%11c2c2c4c4c%12c%12c5c5c6c8c6c8c%13c9c9c%10c%10c%11c2c2c4c4c%12c5c6c5c8c9c%10c2c45)C713. The number of aryl methyl sites for hydroxylation is 2. The summed E-state index contributed by atoms with van der Waals surface area (Å²) in [6.45, 7) is 12.2. The minimum absolute atomic E-state index is 0.0196. The summed E-state index contributed by atoms with van der Waals surface area (Å²) in [6, 6.07) is 6.87. The molecule has 0 radical (unpaired) electrons. The Morgan fingerprint density at radius 3 is 1.23 bits per heavy atom. The molecule has 28 aromatic carbocycles. The highest BCUT2D eigenvalue weighted by molar-refractivity contribution is 6.82. The number of rotatable bonds is 5. The molecule has 0 amide bonds. The first-order valence-corrected chi connectivity index (χ1v) is 37.7. The summed E-state index contributed by atoms with van der Waals surface area (Å²) in [5.74, 6) is -1.03. The van der Waals surface area contributed by atoms with Crippen LogP contribution >= 0.6 is 0 Å². The molecule has 5 aliphatic carbocycles. The van der Waals surface area contributed by atoms with Crippen LogP contribution < -0.4 is 0 Å². The summed E-state index contributed by atoms with van der Waals surface area (Å²) >= 11 is 0. The zero-order valence-electron chi connectivity index (χ0n) is 55.1. The molecule has 3 aliphatic heterocycles. The highest BCUT2D eigenvalue weighted by Gasteiger charge is 2.76. The lowest BCUT2D eigenvalue weighted by Gasteiger charge is -2.52. The lowest BCUT2D eigenvalue weighted by Crippen LogP contribution is -2.52. The van der Waals surface area contributed by atoms with Crippen molar-refractivity contribution in [2.75, 3.05) is 13.6 Å². The van der Waals surface area contributed by atoms with Crippen molar-refractivity contribution in [2.24, 2.45) is 0 Å². The number of carbonyl (C=O) groups is 2. The third-order valence-electron chi connectivity index (χ3n) is 34.0. The minimum atomic E-state index is -0.814. The van der Waals surface area contributed by atoms with Crippen LogP contribution in [0.3, 0.4) is 0 Å². The number of hydrogen-bond donors (Lipinski definition) is 3. The van der Waals surface area contributed by atoms with Crippen molar-refractivity contribution in [2.45, 2.75) is 89.0 Å². The highest BCUT2D eigenvalue weighted by Crippen LogP contribution is 2.87. The number of benzene rings is 18. The smallest absolute Gasteiger partial charge is 0.303 e. The average molecular weight is 1280 g/mol. The van der Waals surface area contributed by atoms with E-state index in [4.69, 9.17) is 9.97 Å². The maximum Gasteiger partial charge on any atom is 0.303 e. The van der Waals surface area contributed by atoms with Crippen molar-refractivity contribution in [3.05, 3.63) is 91.0 Å². The molecule has 2 spiro atoms. The van der Waals surface area contributed by atoms with Gasteiger partial charge in [-0.25, -0.2) is 4.98 Å². The van der Waals surface area contributed by atoms with E-state index in [0.717, 1.165) is 74.5 Å². The van der Waals surface area contributed by atoms with E-state index >= 15 is 0 Å². The number of fused-ring (bicyclic) bond motifs is 8. The van der Waals surface area contributed by atoms with Gasteiger partial charge in [-0.2, -0.15) is 0 Å². The van der Waals surface area contributed by atoms with E-state index in [1.807, 2.05) is 0 Å². The van der Waals surface area contributed by atoms with Crippen LogP contribution in [0, 0.1) is 13.8 Å². The number of carboxylic acid groups (broad SMARTS) is 1. The predicted molar refractivity (Wildman–Crippen MR) is 419 cm³/mol. The van der Waals surface area contributed by atoms with Gasteiger partial charge in [0.15, 0.2) is 5.78 Å². The van der Waals surface area contributed by atoms with Gasteiger partial charge in [-0.15, -0.1) is 0 Å². The van der Waals surface area contributed by atoms with Crippen molar-refractivity contribution in [3.63, 3.8) is 0 Å². The summed E-state index contributed by atoms with van der Waals surface area (Å²) in [5.41, 5.74) is 20.8. The Hall–Kier alpha value is -11.6. The van der Waals surface area contributed by atoms with Gasteiger partial charge in [0.25, 0.3) is 0 Å². The van der Waals surface area contributed by atoms with E-state index < -0.39 is 16.8 Å². The van der Waals surface area contributed by atoms with Gasteiger partial charge in [0.1, 0.15) is 0 Å². The lowest BCUT2D eigenvalue weighted by molar-refractivity contribution is -0.137. The van der Waals surface area contributed by atoms with Crippen molar-refractivity contribution in [1.82, 2.24) is 24.8 Å². The maximum absolute atomic E-state index is 14.5. The van der Waals surface area contributed by atoms with E-state index in [0.29, 0.717) is 6.42 Å². The summed E-state index contributed by atoms with van der Waals surface area (Å²) in [4.78, 5) is 49.9. The van der Waals surface area contributed by atoms with E-state index in [2.05, 4.69) is 74.7 Å². The molecular formula is C94H37N5O3. The van der Waals surface area contributed by atoms with Gasteiger partial charge in [0.05, 0.1) is 39.5 Å². The van der Waals surface area contributed by atoms with E-state index in [1.165, 1.54) is 22.3 Å². The third-order valence-corrected chi connectivity index (χ3v) is 34.0. The van der Waals surface area contributed by atoms with Gasteiger partial charge in [-0.3, -0.25) is 19.5 Å². The Bertz CT molecular complexity index is 9490. The molecule has 39 rings (SSSR count). The number of nitrogens with one attached hydrogen (secondary N) is 2. The van der Waals surface area contributed by atoms with Crippen molar-refractivity contribution in [3.8, 4) is 0 Å². The van der Waals surface area contributed by atoms with Gasteiger partial charge >= 0.3 is 5.97 Å². The number of nitrogens with zero attached hydrogens (tertiary/aromatic N) is 3. The fourth-order valence-electron chi connectivity index (χ4n) is 32.3. The zero-order valence-corrected chi connectivity index (χ0v) is 55.1. The fraction of sp³-hybridized carbons (Fsp3) is 0.170. The van der Waals surface area contributed by atoms with Gasteiger partial charge in [0, 0.05) is 64.6 Å². The van der Waals surface area contributed by atoms with Gasteiger partial charge in [0.2, 0.25) is 0 Å². The summed E-state index contributed by atoms with van der Waals surface area (Å²) in [6.07, 6.45) is 1.50. The number of likely N-dealkylation sites (tertiary alicyclic amines) is 1. The maximum atomic E-state index is 14.5. The van der Waals surface area contributed by atoms with Crippen LogP contribution in [-0.4, -0.2) is 55.3 Å². The average Bonchev–Trinajstić information content (AvgIpc) is 1.38. The molecule has 8 aliphatic rings. The summed E-state index contributed by atoms with van der Waals surface area (Å²) in [7, 11) is 2.57. The largest absolute Gasteiger partial charge is 0.481 e. The van der Waals surface area contributed by atoms with Crippen LogP contribution in [0.25, 0.3) is 324 Å². The monoisotopic (exact) mass is 1280 g/mol. The Morgan fingerprint density at radius 2 is 0.843 bits per heavy atom. The van der Waals surface area contributed by atoms with Gasteiger partial charge in [-0.05, 0) is 400 Å². The number of carbonyl (C=O) groups excluding carboxylic acids is 1. The molecule has 456 valence electrons. The summed E-state index contributed by atoms with van der Waals surface area (Å²) in [5, 5.41) is 97.3. The Morgan fingerprint density at radius 1 is 0.480 bits per heavy atom. The molecule has 8 heteroatoms. The number of aromatic amines is 2. The first-order valence-electron chi connectivity index (χ1n) is 37.7. The third kappa shape index (κ3) is 2.94. The summed E-state index contributed by atoms with van der Waals surface area (Å²) < 4.78 is 0. The molecule has 102 heavy (non-hydrogen) atoms. The lowest BCUT2D eigenvalue weighted by atomic mass is 9.47. The molecule has 1 unspecified atom stereocenters. The van der Waals surface area contributed by atoms with E-state index in [1.54, 1.807) is 313 Å². The molecule has 1 fully saturated rings. The number of ketones is 1. The second kappa shape index (κ2) is 11.2. The Balaban J connectivity index is 0.816. The number of H-pyrrole nitrogens is 2. The molecule has 8 nitrogen and oxygen atoms in total. The number of aliphatic carboxylic acids is 1. The van der Waals surface area contributed by atoms with E-state index in [9.17, 15) is 14.7 Å². The van der Waals surface area contributed by atoms with Crippen molar-refractivity contribution >= 4 is 336 Å². The zero-order chi connectivity index (χ0) is 64.1. The van der Waals surface area contributed by atoms with Crippen LogP contribution in [0.2, 0.25) is 0 Å². The molecule has 31 aromatic rings. The molecule has 0 saturated carbocycles. The number of aromatic nitrogens is 4. The van der Waals surface area contributed by atoms with Crippen LogP contribution in [0.4, 0.5) is 0 Å². The van der Waals surface area contributed by atoms with Crippen LogP contribution in [0.1, 0.15) is 136 Å². The normalized spacial score (nSPS) is 22.8.